The lowest BCUT2D eigenvalue weighted by Gasteiger charge is -2.29. The van der Waals surface area contributed by atoms with Crippen LogP contribution in [0, 0.1) is 6.92 Å². The van der Waals surface area contributed by atoms with Gasteiger partial charge in [-0.3, -0.25) is 15.1 Å². The lowest BCUT2D eigenvalue weighted by molar-refractivity contribution is 0.0957. The molecule has 3 N–H and O–H groups in total. The highest BCUT2D eigenvalue weighted by Crippen LogP contribution is 2.23. The molecule has 114 valence electrons. The van der Waals surface area contributed by atoms with E-state index >= 15 is 0 Å². The third-order valence-corrected chi connectivity index (χ3v) is 4.50. The summed E-state index contributed by atoms with van der Waals surface area (Å²) in [6, 6.07) is 2.42. The average Bonchev–Trinajstić information content (AvgIpc) is 2.75. The number of rotatable bonds is 7. The van der Waals surface area contributed by atoms with Crippen molar-refractivity contribution in [1.82, 2.24) is 15.2 Å². The van der Waals surface area contributed by atoms with Gasteiger partial charge in [-0.15, -0.1) is 11.3 Å². The Balaban J connectivity index is 2.79. The zero-order chi connectivity index (χ0) is 15.3. The number of carbonyl (C=O) groups is 1. The van der Waals surface area contributed by atoms with Gasteiger partial charge in [0.2, 0.25) is 0 Å². The van der Waals surface area contributed by atoms with Gasteiger partial charge in [-0.1, -0.05) is 6.92 Å². The largest absolute Gasteiger partial charge is 0.308 e. The van der Waals surface area contributed by atoms with Crippen molar-refractivity contribution in [3.63, 3.8) is 0 Å². The molecule has 0 spiro atoms. The molecule has 0 bridgehead atoms. The maximum atomic E-state index is 11.6. The van der Waals surface area contributed by atoms with Crippen molar-refractivity contribution >= 4 is 17.2 Å². The third-order valence-electron chi connectivity index (χ3n) is 3.41. The smallest absolute Gasteiger partial charge is 0.275 e. The molecule has 1 rings (SSSR count). The molecular weight excluding hydrogens is 272 g/mol. The van der Waals surface area contributed by atoms with Crippen LogP contribution in [0.3, 0.4) is 0 Å². The summed E-state index contributed by atoms with van der Waals surface area (Å²) in [4.78, 5) is 18.0. The van der Waals surface area contributed by atoms with E-state index in [-0.39, 0.29) is 5.91 Å². The molecule has 0 fully saturated rings. The van der Waals surface area contributed by atoms with Gasteiger partial charge in [0.1, 0.15) is 0 Å². The fraction of sp³-hybridized carbons (Fsp3) is 0.643. The summed E-state index contributed by atoms with van der Waals surface area (Å²) in [7, 11) is 4.17. The van der Waals surface area contributed by atoms with Gasteiger partial charge in [0.15, 0.2) is 0 Å². The molecule has 1 aromatic rings. The standard InChI is InChI=1S/C14H26N4OS/c1-6-18(10(2)8-17(4)5)9-12-7-13(14(19)16-15)20-11(12)3/h7,10H,6,8-9,15H2,1-5H3,(H,16,19). The molecule has 1 aromatic heterocycles. The van der Waals surface area contributed by atoms with Gasteiger partial charge >= 0.3 is 0 Å². The van der Waals surface area contributed by atoms with Crippen LogP contribution in [0.15, 0.2) is 6.07 Å². The number of nitrogens with zero attached hydrogens (tertiary/aromatic N) is 2. The topological polar surface area (TPSA) is 61.6 Å². The van der Waals surface area contributed by atoms with Crippen LogP contribution >= 0.6 is 11.3 Å². The summed E-state index contributed by atoms with van der Waals surface area (Å²) in [6.45, 7) is 9.33. The molecule has 0 aliphatic carbocycles. The van der Waals surface area contributed by atoms with E-state index in [4.69, 9.17) is 5.84 Å². The summed E-state index contributed by atoms with van der Waals surface area (Å²) in [5, 5.41) is 0. The monoisotopic (exact) mass is 298 g/mol. The normalized spacial score (nSPS) is 13.0. The van der Waals surface area contributed by atoms with Gasteiger partial charge in [0, 0.05) is 24.0 Å². The van der Waals surface area contributed by atoms with E-state index in [1.165, 1.54) is 21.8 Å². The Labute approximate surface area is 125 Å². The average molecular weight is 298 g/mol. The molecule has 0 aliphatic rings. The van der Waals surface area contributed by atoms with Gasteiger partial charge < -0.3 is 4.90 Å². The minimum absolute atomic E-state index is 0.214. The van der Waals surface area contributed by atoms with Crippen LogP contribution in [-0.4, -0.2) is 48.9 Å². The van der Waals surface area contributed by atoms with Crippen molar-refractivity contribution in [1.29, 1.82) is 0 Å². The van der Waals surface area contributed by atoms with Crippen LogP contribution in [0.1, 0.15) is 34.0 Å². The molecule has 20 heavy (non-hydrogen) atoms. The maximum Gasteiger partial charge on any atom is 0.275 e. The fourth-order valence-corrected chi connectivity index (χ4v) is 3.24. The molecule has 6 heteroatoms. The second kappa shape index (κ2) is 7.73. The Bertz CT molecular complexity index is 444. The Morgan fingerprint density at radius 3 is 2.65 bits per heavy atom. The molecule has 1 heterocycles. The fourth-order valence-electron chi connectivity index (χ4n) is 2.30. The molecule has 1 amide bonds. The first-order valence-corrected chi connectivity index (χ1v) is 7.69. The molecule has 0 saturated carbocycles. The van der Waals surface area contributed by atoms with E-state index in [9.17, 15) is 4.79 Å². The van der Waals surface area contributed by atoms with Crippen LogP contribution in [0.5, 0.6) is 0 Å². The first kappa shape index (κ1) is 17.1. The number of amides is 1. The Hall–Kier alpha value is -0.950. The molecule has 1 atom stereocenters. The zero-order valence-corrected chi connectivity index (χ0v) is 13.9. The van der Waals surface area contributed by atoms with Gasteiger partial charge in [0.05, 0.1) is 4.88 Å². The number of hydrogen-bond donors (Lipinski definition) is 2. The number of hydrazine groups is 1. The van der Waals surface area contributed by atoms with Gasteiger partial charge in [-0.2, -0.15) is 0 Å². The molecular formula is C14H26N4OS. The van der Waals surface area contributed by atoms with E-state index in [2.05, 4.69) is 50.1 Å². The highest BCUT2D eigenvalue weighted by atomic mass is 32.1. The molecule has 0 saturated heterocycles. The summed E-state index contributed by atoms with van der Waals surface area (Å²) in [6.07, 6.45) is 0. The van der Waals surface area contributed by atoms with Gasteiger partial charge in [-0.25, -0.2) is 5.84 Å². The number of likely N-dealkylation sites (N-methyl/N-ethyl adjacent to an activating group) is 2. The Morgan fingerprint density at radius 2 is 2.15 bits per heavy atom. The van der Waals surface area contributed by atoms with E-state index < -0.39 is 0 Å². The Kier molecular flexibility index (Phi) is 6.61. The maximum absolute atomic E-state index is 11.6. The van der Waals surface area contributed by atoms with Crippen molar-refractivity contribution in [2.24, 2.45) is 5.84 Å². The lowest BCUT2D eigenvalue weighted by Crippen LogP contribution is -2.39. The quantitative estimate of drug-likeness (QED) is 0.454. The summed E-state index contributed by atoms with van der Waals surface area (Å²) in [5.74, 6) is 4.97. The predicted molar refractivity (Wildman–Crippen MR) is 84.8 cm³/mol. The van der Waals surface area contributed by atoms with E-state index in [0.717, 1.165) is 19.6 Å². The van der Waals surface area contributed by atoms with Crippen molar-refractivity contribution in [2.75, 3.05) is 27.2 Å². The third kappa shape index (κ3) is 4.56. The highest BCUT2D eigenvalue weighted by Gasteiger charge is 2.17. The van der Waals surface area contributed by atoms with Gasteiger partial charge in [0.25, 0.3) is 5.91 Å². The van der Waals surface area contributed by atoms with Crippen LogP contribution in [0.4, 0.5) is 0 Å². The number of nitrogen functional groups attached to an aromatic ring is 1. The first-order chi connectivity index (χ1) is 9.38. The van der Waals surface area contributed by atoms with Crippen LogP contribution < -0.4 is 11.3 Å². The summed E-state index contributed by atoms with van der Waals surface area (Å²) >= 11 is 1.50. The Morgan fingerprint density at radius 1 is 1.50 bits per heavy atom. The SMILES string of the molecule is CCN(Cc1cc(C(=O)NN)sc1C)C(C)CN(C)C. The number of carbonyl (C=O) groups excluding carboxylic acids is 1. The first-order valence-electron chi connectivity index (χ1n) is 6.88. The molecule has 5 nitrogen and oxygen atoms in total. The van der Waals surface area contributed by atoms with E-state index in [0.29, 0.717) is 10.9 Å². The second-order valence-electron chi connectivity index (χ2n) is 5.34. The number of aryl methyl sites for hydroxylation is 1. The van der Waals surface area contributed by atoms with Crippen molar-refractivity contribution in [3.8, 4) is 0 Å². The van der Waals surface area contributed by atoms with Crippen LogP contribution in [0.2, 0.25) is 0 Å². The van der Waals surface area contributed by atoms with Crippen molar-refractivity contribution < 1.29 is 4.79 Å². The highest BCUT2D eigenvalue weighted by molar-refractivity contribution is 7.14. The number of nitrogens with one attached hydrogen (secondary N) is 1. The van der Waals surface area contributed by atoms with Crippen molar-refractivity contribution in [3.05, 3.63) is 21.4 Å². The van der Waals surface area contributed by atoms with Crippen LogP contribution in [0.25, 0.3) is 0 Å². The van der Waals surface area contributed by atoms with Crippen molar-refractivity contribution in [2.45, 2.75) is 33.4 Å². The number of thiophene rings is 1. The lowest BCUT2D eigenvalue weighted by atomic mass is 10.2. The number of nitrogens with two attached hydrogens (primary N) is 1. The van der Waals surface area contributed by atoms with Gasteiger partial charge in [-0.05, 0) is 46.1 Å². The summed E-state index contributed by atoms with van der Waals surface area (Å²) in [5.41, 5.74) is 3.40. The molecule has 0 aromatic carbocycles. The zero-order valence-electron chi connectivity index (χ0n) is 13.1. The minimum atomic E-state index is -0.214. The molecule has 0 aliphatic heterocycles. The second-order valence-corrected chi connectivity index (χ2v) is 6.60. The number of hydrogen-bond acceptors (Lipinski definition) is 5. The molecule has 1 unspecified atom stereocenters. The van der Waals surface area contributed by atoms with E-state index in [1.807, 2.05) is 6.07 Å². The van der Waals surface area contributed by atoms with E-state index in [1.54, 1.807) is 0 Å². The predicted octanol–water partition coefficient (Wildman–Crippen LogP) is 1.43. The van der Waals surface area contributed by atoms with Crippen LogP contribution in [-0.2, 0) is 6.54 Å². The molecule has 0 radical (unpaired) electrons. The minimum Gasteiger partial charge on any atom is -0.308 e. The summed E-state index contributed by atoms with van der Waals surface area (Å²) < 4.78 is 0.